The Morgan fingerprint density at radius 2 is 2.00 bits per heavy atom. The summed E-state index contributed by atoms with van der Waals surface area (Å²) in [6, 6.07) is 6.63. The number of likely N-dealkylation sites (N-methyl/N-ethyl adjacent to an activating group) is 1. The zero-order valence-electron chi connectivity index (χ0n) is 14.4. The SMILES string of the molecule is COc1ccc2c(c1)[C@@]1(C)CCCCCC(C2)C1[N+](C)(C)[O-]. The van der Waals surface area contributed by atoms with Gasteiger partial charge >= 0.3 is 0 Å². The van der Waals surface area contributed by atoms with Crippen molar-refractivity contribution in [3.05, 3.63) is 34.5 Å². The van der Waals surface area contributed by atoms with Gasteiger partial charge in [0.25, 0.3) is 0 Å². The molecule has 0 N–H and O–H groups in total. The predicted octanol–water partition coefficient (Wildman–Crippen LogP) is 4.03. The first-order chi connectivity index (χ1) is 10.4. The van der Waals surface area contributed by atoms with E-state index >= 15 is 0 Å². The van der Waals surface area contributed by atoms with E-state index in [2.05, 4.69) is 25.1 Å². The summed E-state index contributed by atoms with van der Waals surface area (Å²) < 4.78 is 5.27. The first-order valence-corrected chi connectivity index (χ1v) is 8.58. The number of fused-ring (bicyclic) bond motifs is 4. The third-order valence-corrected chi connectivity index (χ3v) is 5.95. The molecule has 1 aromatic rings. The largest absolute Gasteiger partial charge is 0.633 e. The second kappa shape index (κ2) is 5.54. The Morgan fingerprint density at radius 1 is 1.23 bits per heavy atom. The molecule has 122 valence electrons. The summed E-state index contributed by atoms with van der Waals surface area (Å²) in [5.41, 5.74) is 2.75. The molecule has 0 saturated heterocycles. The molecular formula is C19H29NO2. The van der Waals surface area contributed by atoms with Crippen molar-refractivity contribution in [3.8, 4) is 5.75 Å². The summed E-state index contributed by atoms with van der Waals surface area (Å²) in [4.78, 5) is 0. The standard InChI is InChI=1S/C19H29NO2/c1-19-11-7-5-6-8-15(18(19)20(2,3)21)12-14-9-10-16(22-4)13-17(14)19/h9-10,13,15,18H,5-8,11-12H2,1-4H3/t15?,18?,19-/m1/s1. The first kappa shape index (κ1) is 15.8. The molecule has 2 aliphatic rings. The van der Waals surface area contributed by atoms with Crippen molar-refractivity contribution in [1.29, 1.82) is 0 Å². The van der Waals surface area contributed by atoms with Gasteiger partial charge < -0.3 is 14.6 Å². The predicted molar refractivity (Wildman–Crippen MR) is 89.9 cm³/mol. The fraction of sp³-hybridized carbons (Fsp3) is 0.684. The van der Waals surface area contributed by atoms with E-state index in [9.17, 15) is 5.21 Å². The van der Waals surface area contributed by atoms with Crippen LogP contribution in [0.3, 0.4) is 0 Å². The van der Waals surface area contributed by atoms with Gasteiger partial charge in [-0.05, 0) is 49.4 Å². The van der Waals surface area contributed by atoms with Crippen LogP contribution in [0.2, 0.25) is 0 Å². The van der Waals surface area contributed by atoms with Crippen LogP contribution in [-0.2, 0) is 11.8 Å². The Morgan fingerprint density at radius 3 is 2.68 bits per heavy atom. The lowest BCUT2D eigenvalue weighted by Crippen LogP contribution is -2.61. The molecule has 2 aliphatic carbocycles. The van der Waals surface area contributed by atoms with Gasteiger partial charge in [0, 0.05) is 11.3 Å². The van der Waals surface area contributed by atoms with Crippen molar-refractivity contribution >= 4 is 0 Å². The molecule has 0 aliphatic heterocycles. The maximum atomic E-state index is 13.0. The number of quaternary nitrogens is 1. The third-order valence-electron chi connectivity index (χ3n) is 5.95. The van der Waals surface area contributed by atoms with Crippen molar-refractivity contribution in [2.45, 2.75) is 56.9 Å². The molecule has 0 amide bonds. The van der Waals surface area contributed by atoms with E-state index in [1.807, 2.05) is 14.1 Å². The van der Waals surface area contributed by atoms with Gasteiger partial charge in [0.05, 0.1) is 21.2 Å². The van der Waals surface area contributed by atoms with Gasteiger partial charge in [-0.2, -0.15) is 0 Å². The summed E-state index contributed by atoms with van der Waals surface area (Å²) in [5, 5.41) is 13.0. The second-order valence-corrected chi connectivity index (χ2v) is 7.88. The summed E-state index contributed by atoms with van der Waals surface area (Å²) in [6.07, 6.45) is 7.13. The minimum Gasteiger partial charge on any atom is -0.633 e. The molecule has 0 aromatic heterocycles. The maximum absolute atomic E-state index is 13.0. The fourth-order valence-electron chi connectivity index (χ4n) is 5.28. The van der Waals surface area contributed by atoms with Crippen LogP contribution >= 0.6 is 0 Å². The number of methoxy groups -OCH3 is 1. The van der Waals surface area contributed by atoms with E-state index in [0.717, 1.165) is 18.6 Å². The molecule has 3 rings (SSSR count). The Hall–Kier alpha value is -1.06. The number of rotatable bonds is 2. The Balaban J connectivity index is 2.16. The van der Waals surface area contributed by atoms with Gasteiger partial charge in [-0.15, -0.1) is 0 Å². The first-order valence-electron chi connectivity index (χ1n) is 8.58. The van der Waals surface area contributed by atoms with E-state index < -0.39 is 0 Å². The van der Waals surface area contributed by atoms with Crippen LogP contribution < -0.4 is 4.74 Å². The highest BCUT2D eigenvalue weighted by molar-refractivity contribution is 5.44. The molecule has 0 spiro atoms. The Bertz CT molecular complexity index is 549. The highest BCUT2D eigenvalue weighted by atomic mass is 16.5. The van der Waals surface area contributed by atoms with E-state index in [0.29, 0.717) is 5.92 Å². The number of hydroxylamine groups is 3. The Labute approximate surface area is 134 Å². The van der Waals surface area contributed by atoms with E-state index in [-0.39, 0.29) is 16.1 Å². The molecule has 2 bridgehead atoms. The smallest absolute Gasteiger partial charge is 0.119 e. The topological polar surface area (TPSA) is 32.3 Å². The molecule has 3 atom stereocenters. The van der Waals surface area contributed by atoms with Crippen LogP contribution in [0, 0.1) is 11.1 Å². The molecule has 1 aromatic carbocycles. The van der Waals surface area contributed by atoms with Crippen LogP contribution in [0.25, 0.3) is 0 Å². The molecule has 0 radical (unpaired) electrons. The average molecular weight is 303 g/mol. The van der Waals surface area contributed by atoms with Crippen molar-refractivity contribution in [2.75, 3.05) is 21.2 Å². The zero-order valence-corrected chi connectivity index (χ0v) is 14.4. The average Bonchev–Trinajstić information content (AvgIpc) is 2.43. The highest BCUT2D eigenvalue weighted by Gasteiger charge is 2.51. The lowest BCUT2D eigenvalue weighted by molar-refractivity contribution is -0.877. The van der Waals surface area contributed by atoms with Crippen molar-refractivity contribution in [1.82, 2.24) is 0 Å². The number of nitrogens with zero attached hydrogens (tertiary/aromatic N) is 1. The molecule has 1 fully saturated rings. The monoisotopic (exact) mass is 303 g/mol. The zero-order chi connectivity index (χ0) is 16.0. The van der Waals surface area contributed by atoms with Crippen LogP contribution in [0.15, 0.2) is 18.2 Å². The quantitative estimate of drug-likeness (QED) is 0.610. The molecule has 3 heteroatoms. The number of hydrogen-bond donors (Lipinski definition) is 0. The molecule has 0 heterocycles. The fourth-order valence-corrected chi connectivity index (χ4v) is 5.28. The third kappa shape index (κ3) is 2.55. The number of ether oxygens (including phenoxy) is 1. The highest BCUT2D eigenvalue weighted by Crippen LogP contribution is 2.50. The lowest BCUT2D eigenvalue weighted by atomic mass is 9.59. The van der Waals surface area contributed by atoms with Gasteiger partial charge in [-0.25, -0.2) is 0 Å². The van der Waals surface area contributed by atoms with Crippen LogP contribution in [-0.4, -0.2) is 31.9 Å². The second-order valence-electron chi connectivity index (χ2n) is 7.88. The molecule has 3 nitrogen and oxygen atoms in total. The van der Waals surface area contributed by atoms with Gasteiger partial charge in [0.2, 0.25) is 0 Å². The van der Waals surface area contributed by atoms with Gasteiger partial charge in [0.1, 0.15) is 11.8 Å². The minimum absolute atomic E-state index is 0.0432. The lowest BCUT2D eigenvalue weighted by Gasteiger charge is -2.57. The summed E-state index contributed by atoms with van der Waals surface area (Å²) in [5.74, 6) is 1.41. The summed E-state index contributed by atoms with van der Waals surface area (Å²) >= 11 is 0. The van der Waals surface area contributed by atoms with Gasteiger partial charge in [0.15, 0.2) is 0 Å². The van der Waals surface area contributed by atoms with E-state index in [1.165, 1.54) is 36.8 Å². The van der Waals surface area contributed by atoms with Crippen molar-refractivity contribution in [2.24, 2.45) is 5.92 Å². The summed E-state index contributed by atoms with van der Waals surface area (Å²) in [7, 11) is 5.39. The van der Waals surface area contributed by atoms with E-state index in [4.69, 9.17) is 4.74 Å². The summed E-state index contributed by atoms with van der Waals surface area (Å²) in [6.45, 7) is 2.32. The van der Waals surface area contributed by atoms with E-state index in [1.54, 1.807) is 7.11 Å². The molecule has 1 saturated carbocycles. The molecule has 2 unspecified atom stereocenters. The van der Waals surface area contributed by atoms with Crippen LogP contribution in [0.1, 0.15) is 50.2 Å². The number of benzene rings is 1. The normalized spacial score (nSPS) is 31.9. The minimum atomic E-state index is -0.183. The van der Waals surface area contributed by atoms with Crippen molar-refractivity contribution < 1.29 is 9.38 Å². The van der Waals surface area contributed by atoms with Crippen LogP contribution in [0.4, 0.5) is 0 Å². The molecular weight excluding hydrogens is 274 g/mol. The van der Waals surface area contributed by atoms with Crippen LogP contribution in [0.5, 0.6) is 5.75 Å². The molecule has 22 heavy (non-hydrogen) atoms. The maximum Gasteiger partial charge on any atom is 0.119 e. The number of hydrogen-bond acceptors (Lipinski definition) is 2. The van der Waals surface area contributed by atoms with Crippen molar-refractivity contribution in [3.63, 3.8) is 0 Å². The Kier molecular flexibility index (Phi) is 3.98. The van der Waals surface area contributed by atoms with Gasteiger partial charge in [-0.1, -0.05) is 25.3 Å². The van der Waals surface area contributed by atoms with Gasteiger partial charge in [-0.3, -0.25) is 0 Å².